The van der Waals surface area contributed by atoms with Gasteiger partial charge in [-0.25, -0.2) is 0 Å². The molecule has 0 heterocycles. The van der Waals surface area contributed by atoms with E-state index < -0.39 is 35.1 Å². The van der Waals surface area contributed by atoms with Crippen molar-refractivity contribution in [1.82, 2.24) is 0 Å². The van der Waals surface area contributed by atoms with Crippen LogP contribution >= 0.6 is 0 Å². The molecule has 2 unspecified atom stereocenters. The third-order valence-electron chi connectivity index (χ3n) is 4.38. The fourth-order valence-corrected chi connectivity index (χ4v) is 3.18. The summed E-state index contributed by atoms with van der Waals surface area (Å²) in [4.78, 5) is 25.3. The summed E-state index contributed by atoms with van der Waals surface area (Å²) in [5.74, 6) is -1.74. The molecule has 23 heavy (non-hydrogen) atoms. The van der Waals surface area contributed by atoms with Gasteiger partial charge in [-0.3, -0.25) is 9.59 Å². The predicted octanol–water partition coefficient (Wildman–Crippen LogP) is -0.0471. The van der Waals surface area contributed by atoms with Crippen LogP contribution in [0.15, 0.2) is 23.3 Å². The molecule has 2 aliphatic rings. The second kappa shape index (κ2) is 4.89. The zero-order chi connectivity index (χ0) is 17.1. The zero-order valence-corrected chi connectivity index (χ0v) is 12.5. The molecule has 4 N–H and O–H groups in total. The highest BCUT2D eigenvalue weighted by Crippen LogP contribution is 2.43. The quantitative estimate of drug-likeness (QED) is 0.572. The van der Waals surface area contributed by atoms with Crippen molar-refractivity contribution >= 4 is 11.6 Å². The molecule has 0 saturated carbocycles. The molecule has 0 bridgehead atoms. The van der Waals surface area contributed by atoms with Crippen LogP contribution in [0.25, 0.3) is 0 Å². The number of aromatic hydroxyl groups is 1. The van der Waals surface area contributed by atoms with Gasteiger partial charge in [-0.05, 0) is 13.0 Å². The van der Waals surface area contributed by atoms with Crippen LogP contribution in [0.4, 0.5) is 0 Å². The Morgan fingerprint density at radius 3 is 2.43 bits per heavy atom. The Balaban J connectivity index is 2.27. The minimum Gasteiger partial charge on any atom is -0.507 e. The van der Waals surface area contributed by atoms with Crippen molar-refractivity contribution in [3.8, 4) is 11.5 Å². The van der Waals surface area contributed by atoms with Gasteiger partial charge in [0, 0.05) is 29.2 Å². The number of aliphatic hydroxyl groups is 3. The van der Waals surface area contributed by atoms with Gasteiger partial charge in [0.05, 0.1) is 24.4 Å². The topological polar surface area (TPSA) is 124 Å². The number of phenols is 1. The van der Waals surface area contributed by atoms with Crippen LogP contribution in [-0.2, 0) is 0 Å². The number of hydrogen-bond acceptors (Lipinski definition) is 7. The molecular weight excluding hydrogens is 304 g/mol. The van der Waals surface area contributed by atoms with E-state index in [2.05, 4.69) is 0 Å². The number of rotatable bonds is 1. The fourth-order valence-electron chi connectivity index (χ4n) is 3.18. The monoisotopic (exact) mass is 320 g/mol. The molecule has 3 rings (SSSR count). The summed E-state index contributed by atoms with van der Waals surface area (Å²) in [6.45, 7) is 1.28. The molecule has 122 valence electrons. The zero-order valence-electron chi connectivity index (χ0n) is 12.5. The molecule has 0 radical (unpaired) electrons. The smallest absolute Gasteiger partial charge is 0.196 e. The van der Waals surface area contributed by atoms with E-state index in [0.29, 0.717) is 0 Å². The molecule has 0 aliphatic heterocycles. The van der Waals surface area contributed by atoms with Crippen LogP contribution in [0.5, 0.6) is 11.5 Å². The van der Waals surface area contributed by atoms with E-state index >= 15 is 0 Å². The SMILES string of the molecule is COc1cc(O)c2c(c1)C(=O)C1=C(C2=O)C(O)C[C@@](C)(O)C1O. The van der Waals surface area contributed by atoms with Crippen molar-refractivity contribution in [1.29, 1.82) is 0 Å². The molecule has 0 aromatic heterocycles. The molecular formula is C16H16O7. The summed E-state index contributed by atoms with van der Waals surface area (Å²) < 4.78 is 4.97. The largest absolute Gasteiger partial charge is 0.507 e. The lowest BCUT2D eigenvalue weighted by Gasteiger charge is -2.40. The van der Waals surface area contributed by atoms with Crippen molar-refractivity contribution in [3.05, 3.63) is 34.4 Å². The summed E-state index contributed by atoms with van der Waals surface area (Å²) in [7, 11) is 1.34. The fraction of sp³-hybridized carbons (Fsp3) is 0.375. The Morgan fingerprint density at radius 2 is 1.83 bits per heavy atom. The Bertz CT molecular complexity index is 760. The molecule has 0 amide bonds. The van der Waals surface area contributed by atoms with Crippen molar-refractivity contribution < 1.29 is 34.8 Å². The van der Waals surface area contributed by atoms with E-state index in [1.54, 1.807) is 0 Å². The molecule has 7 nitrogen and oxygen atoms in total. The molecule has 7 heteroatoms. The second-order valence-corrected chi connectivity index (χ2v) is 6.03. The Morgan fingerprint density at radius 1 is 1.17 bits per heavy atom. The summed E-state index contributed by atoms with van der Waals surface area (Å²) in [6.07, 6.45) is -3.31. The number of ether oxygens (including phenoxy) is 1. The number of Topliss-reactive ketones (excluding diaryl/α,β-unsaturated/α-hetero) is 2. The van der Waals surface area contributed by atoms with Gasteiger partial charge in [0.2, 0.25) is 0 Å². The lowest BCUT2D eigenvalue weighted by Crippen LogP contribution is -2.52. The van der Waals surface area contributed by atoms with Gasteiger partial charge in [0.25, 0.3) is 0 Å². The minimum absolute atomic E-state index is 0.130. The maximum absolute atomic E-state index is 12.7. The highest BCUT2D eigenvalue weighted by Gasteiger charge is 2.50. The van der Waals surface area contributed by atoms with E-state index in [0.717, 1.165) is 0 Å². The van der Waals surface area contributed by atoms with E-state index in [4.69, 9.17) is 4.74 Å². The standard InChI is InChI=1S/C16H16O7/c1-16(22)5-9(18)11-12(15(16)21)13(19)7-3-6(23-2)4-8(17)10(7)14(11)20/h3-4,9,15,17-18,21-22H,5H2,1-2H3/t9?,15?,16-/m1/s1. The number of methoxy groups -OCH3 is 1. The molecule has 2 aliphatic carbocycles. The molecule has 1 aromatic carbocycles. The average Bonchev–Trinajstić information content (AvgIpc) is 2.47. The third-order valence-corrected chi connectivity index (χ3v) is 4.38. The summed E-state index contributed by atoms with van der Waals surface area (Å²) in [6, 6.07) is 2.47. The van der Waals surface area contributed by atoms with Gasteiger partial charge in [0.15, 0.2) is 11.6 Å². The van der Waals surface area contributed by atoms with Crippen LogP contribution in [0.2, 0.25) is 0 Å². The van der Waals surface area contributed by atoms with Crippen LogP contribution in [0.3, 0.4) is 0 Å². The Hall–Kier alpha value is -2.22. The van der Waals surface area contributed by atoms with Crippen molar-refractivity contribution in [2.24, 2.45) is 0 Å². The van der Waals surface area contributed by atoms with Gasteiger partial charge in [-0.15, -0.1) is 0 Å². The highest BCUT2D eigenvalue weighted by atomic mass is 16.5. The molecule has 0 saturated heterocycles. The molecule has 1 aromatic rings. The normalized spacial score (nSPS) is 30.1. The minimum atomic E-state index is -1.74. The summed E-state index contributed by atoms with van der Waals surface area (Å²) in [5, 5.41) is 40.6. The van der Waals surface area contributed by atoms with E-state index in [9.17, 15) is 30.0 Å². The first-order chi connectivity index (χ1) is 10.7. The summed E-state index contributed by atoms with van der Waals surface area (Å²) in [5.41, 5.74) is -2.72. The molecule has 0 fully saturated rings. The lowest BCUT2D eigenvalue weighted by atomic mass is 9.69. The number of carbonyl (C=O) groups is 2. The van der Waals surface area contributed by atoms with E-state index in [1.165, 1.54) is 26.2 Å². The number of benzene rings is 1. The van der Waals surface area contributed by atoms with E-state index in [-0.39, 0.29) is 34.4 Å². The van der Waals surface area contributed by atoms with Crippen molar-refractivity contribution in [2.45, 2.75) is 31.2 Å². The molecule has 0 spiro atoms. The first kappa shape index (κ1) is 15.7. The van der Waals surface area contributed by atoms with Crippen molar-refractivity contribution in [3.63, 3.8) is 0 Å². The van der Waals surface area contributed by atoms with Crippen LogP contribution in [0.1, 0.15) is 34.1 Å². The number of hydrogen-bond donors (Lipinski definition) is 4. The van der Waals surface area contributed by atoms with E-state index in [1.807, 2.05) is 0 Å². The lowest BCUT2D eigenvalue weighted by molar-refractivity contribution is -0.0758. The Kier molecular flexibility index (Phi) is 3.33. The summed E-state index contributed by atoms with van der Waals surface area (Å²) >= 11 is 0. The number of aliphatic hydroxyl groups excluding tert-OH is 2. The van der Waals surface area contributed by atoms with Gasteiger partial charge >= 0.3 is 0 Å². The van der Waals surface area contributed by atoms with Crippen molar-refractivity contribution in [2.75, 3.05) is 7.11 Å². The van der Waals surface area contributed by atoms with Gasteiger partial charge in [0.1, 0.15) is 17.6 Å². The second-order valence-electron chi connectivity index (χ2n) is 6.03. The number of ketones is 2. The van der Waals surface area contributed by atoms with Crippen LogP contribution in [0, 0.1) is 0 Å². The first-order valence-electron chi connectivity index (χ1n) is 7.02. The maximum atomic E-state index is 12.7. The number of phenolic OH excluding ortho intramolecular Hbond substituents is 1. The highest BCUT2D eigenvalue weighted by molar-refractivity contribution is 6.29. The Labute approximate surface area is 131 Å². The van der Waals surface area contributed by atoms with Crippen LogP contribution in [-0.4, -0.2) is 56.9 Å². The van der Waals surface area contributed by atoms with Gasteiger partial charge < -0.3 is 25.2 Å². The number of fused-ring (bicyclic) bond motifs is 1. The number of carbonyl (C=O) groups excluding carboxylic acids is 2. The van der Waals surface area contributed by atoms with Gasteiger partial charge in [-0.1, -0.05) is 0 Å². The maximum Gasteiger partial charge on any atom is 0.196 e. The molecule has 3 atom stereocenters. The van der Waals surface area contributed by atoms with Gasteiger partial charge in [-0.2, -0.15) is 0 Å². The average molecular weight is 320 g/mol. The first-order valence-corrected chi connectivity index (χ1v) is 7.02. The van der Waals surface area contributed by atoms with Crippen LogP contribution < -0.4 is 4.74 Å². The third kappa shape index (κ3) is 2.08. The predicted molar refractivity (Wildman–Crippen MR) is 77.6 cm³/mol.